The molecule has 0 radical (unpaired) electrons. The average molecular weight is 297 g/mol. The van der Waals surface area contributed by atoms with Gasteiger partial charge in [0.1, 0.15) is 4.60 Å². The Balaban J connectivity index is 2.11. The minimum atomic E-state index is 0.294. The molecule has 0 atom stereocenters. The quantitative estimate of drug-likeness (QED) is 0.947. The van der Waals surface area contributed by atoms with Crippen molar-refractivity contribution in [1.82, 2.24) is 19.7 Å². The first-order valence-corrected chi connectivity index (χ1v) is 6.43. The lowest BCUT2D eigenvalue weighted by atomic mass is 9.97. The molecule has 4 nitrogen and oxygen atoms in total. The molecule has 0 spiro atoms. The number of halogens is 1. The zero-order chi connectivity index (χ0) is 12.5. The topological polar surface area (TPSA) is 42.2 Å². The van der Waals surface area contributed by atoms with Gasteiger partial charge in [-0.15, -0.1) is 0 Å². The van der Waals surface area contributed by atoms with Crippen LogP contribution < -0.4 is 5.32 Å². The standard InChI is InChI=1S/C12H17BrN4/c1-12(2,3)8-14-4-9-5-16-11-6-15-10(13)7-17(9)11/h5-7,14H,4,8H2,1-3H3. The number of aromatic nitrogens is 3. The molecule has 0 saturated heterocycles. The van der Waals surface area contributed by atoms with Gasteiger partial charge in [0.15, 0.2) is 5.65 Å². The van der Waals surface area contributed by atoms with Crippen molar-refractivity contribution in [2.45, 2.75) is 27.3 Å². The molecule has 0 amide bonds. The van der Waals surface area contributed by atoms with Crippen LogP contribution in [0.3, 0.4) is 0 Å². The van der Waals surface area contributed by atoms with Gasteiger partial charge in [0.05, 0.1) is 18.1 Å². The summed E-state index contributed by atoms with van der Waals surface area (Å²) in [4.78, 5) is 8.47. The van der Waals surface area contributed by atoms with Crippen LogP contribution in [0.1, 0.15) is 26.5 Å². The molecule has 2 heterocycles. The molecule has 0 fully saturated rings. The van der Waals surface area contributed by atoms with Gasteiger partial charge < -0.3 is 5.32 Å². The van der Waals surface area contributed by atoms with Crippen molar-refractivity contribution in [3.8, 4) is 0 Å². The summed E-state index contributed by atoms with van der Waals surface area (Å²) in [6.07, 6.45) is 5.59. The third-order valence-electron chi connectivity index (χ3n) is 2.40. The van der Waals surface area contributed by atoms with E-state index in [4.69, 9.17) is 0 Å². The molecule has 17 heavy (non-hydrogen) atoms. The predicted molar refractivity (Wildman–Crippen MR) is 71.8 cm³/mol. The molecular weight excluding hydrogens is 280 g/mol. The average Bonchev–Trinajstić information content (AvgIpc) is 2.59. The van der Waals surface area contributed by atoms with Crippen LogP contribution in [-0.2, 0) is 6.54 Å². The SMILES string of the molecule is CC(C)(C)CNCc1cnc2cnc(Br)cn12. The molecule has 0 aliphatic heterocycles. The highest BCUT2D eigenvalue weighted by Gasteiger charge is 2.10. The Kier molecular flexibility index (Phi) is 3.49. The zero-order valence-electron chi connectivity index (χ0n) is 10.4. The lowest BCUT2D eigenvalue weighted by Gasteiger charge is -2.18. The van der Waals surface area contributed by atoms with Gasteiger partial charge >= 0.3 is 0 Å². The molecule has 92 valence electrons. The van der Waals surface area contributed by atoms with Crippen molar-refractivity contribution in [2.75, 3.05) is 6.54 Å². The minimum absolute atomic E-state index is 0.294. The Bertz CT molecular complexity index is 513. The molecule has 2 rings (SSSR count). The lowest BCUT2D eigenvalue weighted by Crippen LogP contribution is -2.26. The number of nitrogens with one attached hydrogen (secondary N) is 1. The van der Waals surface area contributed by atoms with Crippen molar-refractivity contribution >= 4 is 21.6 Å². The third kappa shape index (κ3) is 3.26. The monoisotopic (exact) mass is 296 g/mol. The lowest BCUT2D eigenvalue weighted by molar-refractivity contribution is 0.378. The number of nitrogens with zero attached hydrogens (tertiary/aromatic N) is 3. The molecule has 5 heteroatoms. The van der Waals surface area contributed by atoms with E-state index < -0.39 is 0 Å². The summed E-state index contributed by atoms with van der Waals surface area (Å²) in [6, 6.07) is 0. The van der Waals surface area contributed by atoms with Crippen LogP contribution in [-0.4, -0.2) is 20.9 Å². The summed E-state index contributed by atoms with van der Waals surface area (Å²) < 4.78 is 2.87. The summed E-state index contributed by atoms with van der Waals surface area (Å²) in [5.74, 6) is 0. The van der Waals surface area contributed by atoms with E-state index in [1.165, 1.54) is 0 Å². The number of rotatable bonds is 3. The smallest absolute Gasteiger partial charge is 0.155 e. The van der Waals surface area contributed by atoms with Gasteiger partial charge in [0.25, 0.3) is 0 Å². The fraction of sp³-hybridized carbons (Fsp3) is 0.500. The van der Waals surface area contributed by atoms with Gasteiger partial charge in [0, 0.05) is 19.3 Å². The first-order chi connectivity index (χ1) is 7.96. The van der Waals surface area contributed by atoms with E-state index in [2.05, 4.69) is 52.0 Å². The molecule has 0 aromatic carbocycles. The van der Waals surface area contributed by atoms with Crippen LogP contribution in [0.15, 0.2) is 23.2 Å². The Hall–Kier alpha value is -0.940. The van der Waals surface area contributed by atoms with Gasteiger partial charge in [-0.3, -0.25) is 4.40 Å². The predicted octanol–water partition coefficient (Wildman–Crippen LogP) is 2.63. The van der Waals surface area contributed by atoms with Gasteiger partial charge in [-0.25, -0.2) is 9.97 Å². The van der Waals surface area contributed by atoms with E-state index >= 15 is 0 Å². The maximum absolute atomic E-state index is 4.31. The Morgan fingerprint density at radius 1 is 1.29 bits per heavy atom. The molecule has 0 aliphatic rings. The molecule has 2 aromatic rings. The molecule has 0 saturated carbocycles. The summed E-state index contributed by atoms with van der Waals surface area (Å²) in [7, 11) is 0. The van der Waals surface area contributed by atoms with Crippen molar-refractivity contribution in [3.05, 3.63) is 28.9 Å². The number of hydrogen-bond donors (Lipinski definition) is 1. The molecule has 0 bridgehead atoms. The fourth-order valence-electron chi connectivity index (χ4n) is 1.61. The maximum Gasteiger partial charge on any atom is 0.155 e. The third-order valence-corrected chi connectivity index (χ3v) is 2.81. The fourth-order valence-corrected chi connectivity index (χ4v) is 1.92. The van der Waals surface area contributed by atoms with E-state index in [0.29, 0.717) is 5.41 Å². The summed E-state index contributed by atoms with van der Waals surface area (Å²) in [5, 5.41) is 3.44. The van der Waals surface area contributed by atoms with E-state index in [9.17, 15) is 0 Å². The number of fused-ring (bicyclic) bond motifs is 1. The molecule has 0 unspecified atom stereocenters. The number of hydrogen-bond acceptors (Lipinski definition) is 3. The van der Waals surface area contributed by atoms with E-state index in [-0.39, 0.29) is 0 Å². The molecular formula is C12H17BrN4. The summed E-state index contributed by atoms with van der Waals surface area (Å²) in [6.45, 7) is 8.44. The van der Waals surface area contributed by atoms with Crippen molar-refractivity contribution in [1.29, 1.82) is 0 Å². The van der Waals surface area contributed by atoms with Crippen LogP contribution in [0.5, 0.6) is 0 Å². The molecule has 0 aliphatic carbocycles. The second kappa shape index (κ2) is 4.74. The first kappa shape index (κ1) is 12.5. The van der Waals surface area contributed by atoms with Crippen LogP contribution >= 0.6 is 15.9 Å². The zero-order valence-corrected chi connectivity index (χ0v) is 12.0. The van der Waals surface area contributed by atoms with E-state index in [1.54, 1.807) is 6.20 Å². The van der Waals surface area contributed by atoms with Crippen molar-refractivity contribution in [2.24, 2.45) is 5.41 Å². The second-order valence-electron chi connectivity index (χ2n) is 5.35. The summed E-state index contributed by atoms with van der Waals surface area (Å²) in [5.41, 5.74) is 2.32. The minimum Gasteiger partial charge on any atom is -0.311 e. The van der Waals surface area contributed by atoms with Gasteiger partial charge in [0.2, 0.25) is 0 Å². The van der Waals surface area contributed by atoms with E-state index in [0.717, 1.165) is 29.0 Å². The maximum atomic E-state index is 4.31. The van der Waals surface area contributed by atoms with Crippen molar-refractivity contribution in [3.63, 3.8) is 0 Å². The Morgan fingerprint density at radius 2 is 2.06 bits per heavy atom. The second-order valence-corrected chi connectivity index (χ2v) is 6.16. The Labute approximate surface area is 110 Å². The van der Waals surface area contributed by atoms with Crippen LogP contribution in [0.4, 0.5) is 0 Å². The van der Waals surface area contributed by atoms with Gasteiger partial charge in [-0.2, -0.15) is 0 Å². The van der Waals surface area contributed by atoms with Crippen LogP contribution in [0.2, 0.25) is 0 Å². The van der Waals surface area contributed by atoms with Crippen LogP contribution in [0, 0.1) is 5.41 Å². The highest BCUT2D eigenvalue weighted by molar-refractivity contribution is 9.10. The summed E-state index contributed by atoms with van der Waals surface area (Å²) >= 11 is 3.37. The molecule has 2 aromatic heterocycles. The molecule has 1 N–H and O–H groups in total. The van der Waals surface area contributed by atoms with E-state index in [1.807, 2.05) is 16.8 Å². The van der Waals surface area contributed by atoms with Gasteiger partial charge in [-0.1, -0.05) is 20.8 Å². The highest BCUT2D eigenvalue weighted by atomic mass is 79.9. The largest absolute Gasteiger partial charge is 0.311 e. The number of imidazole rings is 1. The Morgan fingerprint density at radius 3 is 2.76 bits per heavy atom. The first-order valence-electron chi connectivity index (χ1n) is 5.64. The van der Waals surface area contributed by atoms with Crippen LogP contribution in [0.25, 0.3) is 5.65 Å². The highest BCUT2D eigenvalue weighted by Crippen LogP contribution is 2.13. The van der Waals surface area contributed by atoms with Gasteiger partial charge in [-0.05, 0) is 21.3 Å². The van der Waals surface area contributed by atoms with Crippen molar-refractivity contribution < 1.29 is 0 Å². The normalized spacial score (nSPS) is 12.2.